The first-order valence-electron chi connectivity index (χ1n) is 6.85. The van der Waals surface area contributed by atoms with Crippen molar-refractivity contribution in [2.75, 3.05) is 6.54 Å². The quantitative estimate of drug-likeness (QED) is 0.837. The van der Waals surface area contributed by atoms with Crippen LogP contribution in [0.3, 0.4) is 0 Å². The van der Waals surface area contributed by atoms with Crippen molar-refractivity contribution in [2.45, 2.75) is 52.5 Å². The van der Waals surface area contributed by atoms with Gasteiger partial charge in [0.15, 0.2) is 0 Å². The van der Waals surface area contributed by atoms with Crippen molar-refractivity contribution in [3.8, 4) is 0 Å². The van der Waals surface area contributed by atoms with Crippen molar-refractivity contribution in [1.82, 2.24) is 5.32 Å². The van der Waals surface area contributed by atoms with Crippen LogP contribution in [0.4, 0.5) is 0 Å². The van der Waals surface area contributed by atoms with Gasteiger partial charge in [0.25, 0.3) is 0 Å². The summed E-state index contributed by atoms with van der Waals surface area (Å²) in [5.41, 5.74) is 4.74. The van der Waals surface area contributed by atoms with Gasteiger partial charge in [-0.1, -0.05) is 32.0 Å². The Morgan fingerprint density at radius 1 is 1.29 bits per heavy atom. The molecule has 94 valence electrons. The van der Waals surface area contributed by atoms with E-state index >= 15 is 0 Å². The lowest BCUT2D eigenvalue weighted by Gasteiger charge is -2.35. The van der Waals surface area contributed by atoms with E-state index in [1.54, 1.807) is 0 Å². The maximum absolute atomic E-state index is 3.76. The molecule has 2 rings (SSSR count). The Hall–Kier alpha value is -0.820. The molecule has 1 aliphatic rings. The van der Waals surface area contributed by atoms with Crippen LogP contribution in [0.15, 0.2) is 18.2 Å². The maximum Gasteiger partial charge on any atom is 0.0245 e. The summed E-state index contributed by atoms with van der Waals surface area (Å²) in [6, 6.07) is 6.70. The first-order chi connectivity index (χ1) is 8.05. The van der Waals surface area contributed by atoms with Gasteiger partial charge in [-0.15, -0.1) is 0 Å². The lowest BCUT2D eigenvalue weighted by Crippen LogP contribution is -2.46. The van der Waals surface area contributed by atoms with E-state index in [1.807, 2.05) is 0 Å². The van der Waals surface area contributed by atoms with Crippen LogP contribution in [0.25, 0.3) is 0 Å². The normalized spacial score (nSPS) is 24.5. The molecule has 0 spiro atoms. The highest BCUT2D eigenvalue weighted by Crippen LogP contribution is 2.32. The zero-order valence-electron chi connectivity index (χ0n) is 11.6. The molecule has 0 aromatic heterocycles. The van der Waals surface area contributed by atoms with Gasteiger partial charge in [-0.2, -0.15) is 0 Å². The summed E-state index contributed by atoms with van der Waals surface area (Å²) < 4.78 is 0. The zero-order valence-corrected chi connectivity index (χ0v) is 11.6. The molecule has 1 nitrogen and oxygen atoms in total. The SMILES string of the molecule is Cc1cccc(CC2(C(C)C)CCCN2)c1C. The minimum absolute atomic E-state index is 0.332. The molecule has 1 atom stereocenters. The summed E-state index contributed by atoms with van der Waals surface area (Å²) in [4.78, 5) is 0. The van der Waals surface area contributed by atoms with E-state index in [1.165, 1.54) is 42.5 Å². The smallest absolute Gasteiger partial charge is 0.0245 e. The molecule has 0 saturated carbocycles. The van der Waals surface area contributed by atoms with Gasteiger partial charge in [0, 0.05) is 5.54 Å². The van der Waals surface area contributed by atoms with Crippen LogP contribution < -0.4 is 5.32 Å². The highest BCUT2D eigenvalue weighted by atomic mass is 15.0. The molecule has 1 saturated heterocycles. The van der Waals surface area contributed by atoms with Gasteiger partial charge in [-0.3, -0.25) is 0 Å². The zero-order chi connectivity index (χ0) is 12.5. The molecule has 0 radical (unpaired) electrons. The molecule has 1 aromatic carbocycles. The Balaban J connectivity index is 2.27. The van der Waals surface area contributed by atoms with Crippen molar-refractivity contribution in [2.24, 2.45) is 5.92 Å². The first kappa shape index (κ1) is 12.6. The van der Waals surface area contributed by atoms with E-state index in [4.69, 9.17) is 0 Å². The van der Waals surface area contributed by atoms with Crippen LogP contribution in [0.5, 0.6) is 0 Å². The van der Waals surface area contributed by atoms with E-state index in [0.717, 1.165) is 0 Å². The Kier molecular flexibility index (Phi) is 3.58. The molecular weight excluding hydrogens is 206 g/mol. The second-order valence-corrected chi connectivity index (χ2v) is 5.88. The molecule has 0 bridgehead atoms. The van der Waals surface area contributed by atoms with Gasteiger partial charge in [0.05, 0.1) is 0 Å². The molecule has 1 aliphatic heterocycles. The van der Waals surface area contributed by atoms with Crippen molar-refractivity contribution in [1.29, 1.82) is 0 Å². The number of rotatable bonds is 3. The number of aryl methyl sites for hydroxylation is 1. The number of nitrogens with one attached hydrogen (secondary N) is 1. The lowest BCUT2D eigenvalue weighted by atomic mass is 9.78. The largest absolute Gasteiger partial charge is 0.311 e. The summed E-state index contributed by atoms with van der Waals surface area (Å²) in [5, 5.41) is 3.76. The van der Waals surface area contributed by atoms with E-state index in [-0.39, 0.29) is 0 Å². The fourth-order valence-electron chi connectivity index (χ4n) is 3.02. The Morgan fingerprint density at radius 2 is 2.06 bits per heavy atom. The molecular formula is C16H25N. The fraction of sp³-hybridized carbons (Fsp3) is 0.625. The monoisotopic (exact) mass is 231 g/mol. The molecule has 1 heterocycles. The van der Waals surface area contributed by atoms with Gasteiger partial charge >= 0.3 is 0 Å². The Bertz CT molecular complexity index is 387. The second kappa shape index (κ2) is 4.81. The number of hydrogen-bond donors (Lipinski definition) is 1. The standard InChI is InChI=1S/C16H25N/c1-12(2)16(9-6-10-17-16)11-15-8-5-7-13(3)14(15)4/h5,7-8,12,17H,6,9-11H2,1-4H3. The third-order valence-electron chi connectivity index (χ3n) is 4.60. The molecule has 1 N–H and O–H groups in total. The number of hydrogen-bond acceptors (Lipinski definition) is 1. The fourth-order valence-corrected chi connectivity index (χ4v) is 3.02. The average Bonchev–Trinajstić information content (AvgIpc) is 2.75. The van der Waals surface area contributed by atoms with Crippen LogP contribution in [-0.2, 0) is 6.42 Å². The van der Waals surface area contributed by atoms with Gasteiger partial charge in [0.1, 0.15) is 0 Å². The Morgan fingerprint density at radius 3 is 2.65 bits per heavy atom. The average molecular weight is 231 g/mol. The molecule has 17 heavy (non-hydrogen) atoms. The molecule has 0 amide bonds. The minimum atomic E-state index is 0.332. The van der Waals surface area contributed by atoms with E-state index in [9.17, 15) is 0 Å². The Labute approximate surface area is 106 Å². The summed E-state index contributed by atoms with van der Waals surface area (Å²) >= 11 is 0. The predicted octanol–water partition coefficient (Wildman–Crippen LogP) is 3.62. The van der Waals surface area contributed by atoms with Crippen molar-refractivity contribution >= 4 is 0 Å². The van der Waals surface area contributed by atoms with Crippen LogP contribution in [0.2, 0.25) is 0 Å². The summed E-state index contributed by atoms with van der Waals surface area (Å²) in [7, 11) is 0. The second-order valence-electron chi connectivity index (χ2n) is 5.88. The highest BCUT2D eigenvalue weighted by Gasteiger charge is 2.36. The van der Waals surface area contributed by atoms with Crippen molar-refractivity contribution in [3.63, 3.8) is 0 Å². The van der Waals surface area contributed by atoms with E-state index < -0.39 is 0 Å². The topological polar surface area (TPSA) is 12.0 Å². The number of benzene rings is 1. The molecule has 0 aliphatic carbocycles. The van der Waals surface area contributed by atoms with Crippen molar-refractivity contribution < 1.29 is 0 Å². The molecule has 1 unspecified atom stereocenters. The summed E-state index contributed by atoms with van der Waals surface area (Å²) in [6.07, 6.45) is 3.82. The third kappa shape index (κ3) is 2.40. The van der Waals surface area contributed by atoms with Crippen LogP contribution in [0, 0.1) is 19.8 Å². The van der Waals surface area contributed by atoms with Gasteiger partial charge in [-0.25, -0.2) is 0 Å². The molecule has 1 aromatic rings. The van der Waals surface area contributed by atoms with Gasteiger partial charge < -0.3 is 5.32 Å². The predicted molar refractivity (Wildman–Crippen MR) is 74.4 cm³/mol. The van der Waals surface area contributed by atoms with Crippen molar-refractivity contribution in [3.05, 3.63) is 34.9 Å². The van der Waals surface area contributed by atoms with E-state index in [2.05, 4.69) is 51.2 Å². The molecule has 1 fully saturated rings. The maximum atomic E-state index is 3.76. The van der Waals surface area contributed by atoms with E-state index in [0.29, 0.717) is 11.5 Å². The molecule has 1 heteroatoms. The van der Waals surface area contributed by atoms with Crippen LogP contribution in [0.1, 0.15) is 43.4 Å². The minimum Gasteiger partial charge on any atom is -0.311 e. The third-order valence-corrected chi connectivity index (χ3v) is 4.60. The summed E-state index contributed by atoms with van der Waals surface area (Å²) in [6.45, 7) is 10.4. The lowest BCUT2D eigenvalue weighted by molar-refractivity contribution is 0.269. The van der Waals surface area contributed by atoms with Crippen LogP contribution in [-0.4, -0.2) is 12.1 Å². The summed E-state index contributed by atoms with van der Waals surface area (Å²) in [5.74, 6) is 0.699. The highest BCUT2D eigenvalue weighted by molar-refractivity contribution is 5.34. The van der Waals surface area contributed by atoms with Gasteiger partial charge in [0.2, 0.25) is 0 Å². The first-order valence-corrected chi connectivity index (χ1v) is 6.85. The van der Waals surface area contributed by atoms with Crippen LogP contribution >= 0.6 is 0 Å². The van der Waals surface area contributed by atoms with Gasteiger partial charge in [-0.05, 0) is 62.3 Å².